The number of imidazole rings is 1. The third-order valence-corrected chi connectivity index (χ3v) is 3.91. The number of nitrogens with zero attached hydrogens (tertiary/aromatic N) is 3. The van der Waals surface area contributed by atoms with Crippen molar-refractivity contribution < 1.29 is 14.3 Å². The normalized spacial score (nSPS) is 11.2. The molecular formula is C20H29N5O3. The van der Waals surface area contributed by atoms with Gasteiger partial charge in [-0.1, -0.05) is 0 Å². The van der Waals surface area contributed by atoms with Gasteiger partial charge in [-0.2, -0.15) is 0 Å². The molecule has 1 amide bonds. The lowest BCUT2D eigenvalue weighted by atomic mass is 10.2. The van der Waals surface area contributed by atoms with Crippen LogP contribution in [0.5, 0.6) is 0 Å². The van der Waals surface area contributed by atoms with Gasteiger partial charge in [0.2, 0.25) is 5.95 Å². The molecule has 0 unspecified atom stereocenters. The lowest BCUT2D eigenvalue weighted by Crippen LogP contribution is -2.27. The molecule has 0 spiro atoms. The fourth-order valence-corrected chi connectivity index (χ4v) is 2.51. The molecule has 3 N–H and O–H groups in total. The van der Waals surface area contributed by atoms with Crippen molar-refractivity contribution in [3.63, 3.8) is 0 Å². The third kappa shape index (κ3) is 6.00. The number of aryl methyl sites for hydroxylation is 1. The molecule has 152 valence electrons. The second-order valence-electron chi connectivity index (χ2n) is 7.74. The molecule has 8 nitrogen and oxygen atoms in total. The Bertz CT molecular complexity index is 819. The van der Waals surface area contributed by atoms with Crippen LogP contribution in [-0.4, -0.2) is 47.8 Å². The molecule has 0 radical (unpaired) electrons. The summed E-state index contributed by atoms with van der Waals surface area (Å²) in [5.41, 5.74) is 7.52. The van der Waals surface area contributed by atoms with Gasteiger partial charge < -0.3 is 20.7 Å². The van der Waals surface area contributed by atoms with Crippen molar-refractivity contribution in [2.45, 2.75) is 39.2 Å². The van der Waals surface area contributed by atoms with Crippen LogP contribution in [0.2, 0.25) is 0 Å². The van der Waals surface area contributed by atoms with E-state index in [0.29, 0.717) is 30.6 Å². The molecule has 28 heavy (non-hydrogen) atoms. The summed E-state index contributed by atoms with van der Waals surface area (Å²) >= 11 is 0. The molecule has 1 heterocycles. The highest BCUT2D eigenvalue weighted by atomic mass is 16.6. The van der Waals surface area contributed by atoms with Crippen molar-refractivity contribution in [1.82, 2.24) is 14.9 Å². The van der Waals surface area contributed by atoms with Crippen LogP contribution in [0.25, 0.3) is 0 Å². The second kappa shape index (κ2) is 8.77. The number of rotatable bonds is 6. The highest BCUT2D eigenvalue weighted by Gasteiger charge is 2.20. The molecule has 2 rings (SSSR count). The standard InChI is InChI=1S/C20H29N5O3/c1-20(2,3)28-19(27)25-13-15(23-18(25)21)7-6-12-22-17(26)14-8-10-16(11-9-14)24(4)5/h8-11,13H,6-7,12H2,1-5H3,(H2,21,23)(H,22,26). The van der Waals surface area contributed by atoms with Crippen LogP contribution in [0.4, 0.5) is 16.4 Å². The quantitative estimate of drug-likeness (QED) is 0.739. The van der Waals surface area contributed by atoms with Crippen LogP contribution < -0.4 is 16.0 Å². The van der Waals surface area contributed by atoms with Crippen molar-refractivity contribution >= 4 is 23.6 Å². The number of ether oxygens (including phenoxy) is 1. The van der Waals surface area contributed by atoms with Gasteiger partial charge in [-0.15, -0.1) is 0 Å². The van der Waals surface area contributed by atoms with E-state index in [4.69, 9.17) is 10.5 Å². The molecule has 0 bridgehead atoms. The summed E-state index contributed by atoms with van der Waals surface area (Å²) in [5, 5.41) is 2.88. The molecule has 0 fully saturated rings. The summed E-state index contributed by atoms with van der Waals surface area (Å²) < 4.78 is 6.49. The molecule has 0 aliphatic rings. The second-order valence-corrected chi connectivity index (χ2v) is 7.74. The van der Waals surface area contributed by atoms with Gasteiger partial charge in [-0.25, -0.2) is 14.3 Å². The summed E-state index contributed by atoms with van der Waals surface area (Å²) in [6, 6.07) is 7.41. The van der Waals surface area contributed by atoms with E-state index in [1.807, 2.05) is 31.1 Å². The van der Waals surface area contributed by atoms with Crippen LogP contribution in [0.15, 0.2) is 30.5 Å². The monoisotopic (exact) mass is 387 g/mol. The SMILES string of the molecule is CN(C)c1ccc(C(=O)NCCCc2cn(C(=O)OC(C)(C)C)c(N)n2)cc1. The fourth-order valence-electron chi connectivity index (χ4n) is 2.51. The maximum Gasteiger partial charge on any atom is 0.421 e. The maximum atomic E-state index is 12.2. The molecule has 1 aromatic heterocycles. The predicted molar refractivity (Wildman–Crippen MR) is 110 cm³/mol. The number of anilines is 2. The van der Waals surface area contributed by atoms with E-state index in [9.17, 15) is 9.59 Å². The van der Waals surface area contributed by atoms with Gasteiger partial charge in [0, 0.05) is 38.1 Å². The number of amides is 1. The number of hydrogen-bond acceptors (Lipinski definition) is 6. The number of nitrogen functional groups attached to an aromatic ring is 1. The maximum absolute atomic E-state index is 12.2. The Morgan fingerprint density at radius 1 is 1.21 bits per heavy atom. The van der Waals surface area contributed by atoms with E-state index >= 15 is 0 Å². The number of hydrogen-bond donors (Lipinski definition) is 2. The molecule has 0 saturated heterocycles. The third-order valence-electron chi connectivity index (χ3n) is 3.91. The summed E-state index contributed by atoms with van der Waals surface area (Å²) in [4.78, 5) is 30.5. The first-order chi connectivity index (χ1) is 13.1. The smallest absolute Gasteiger partial charge is 0.421 e. The Hall–Kier alpha value is -3.03. The lowest BCUT2D eigenvalue weighted by Gasteiger charge is -2.19. The largest absolute Gasteiger partial charge is 0.443 e. The van der Waals surface area contributed by atoms with Gasteiger partial charge >= 0.3 is 6.09 Å². The highest BCUT2D eigenvalue weighted by Crippen LogP contribution is 2.14. The van der Waals surface area contributed by atoms with Gasteiger partial charge in [0.25, 0.3) is 5.91 Å². The van der Waals surface area contributed by atoms with Gasteiger partial charge in [0.1, 0.15) is 5.60 Å². The predicted octanol–water partition coefficient (Wildman–Crippen LogP) is 2.68. The van der Waals surface area contributed by atoms with E-state index in [0.717, 1.165) is 5.69 Å². The first kappa shape index (κ1) is 21.3. The average Bonchev–Trinajstić information content (AvgIpc) is 2.98. The van der Waals surface area contributed by atoms with Crippen LogP contribution in [0, 0.1) is 0 Å². The molecule has 2 aromatic rings. The van der Waals surface area contributed by atoms with Crippen LogP contribution in [0.3, 0.4) is 0 Å². The Kier molecular flexibility index (Phi) is 6.66. The molecule has 0 atom stereocenters. The molecule has 8 heteroatoms. The number of nitrogens with one attached hydrogen (secondary N) is 1. The van der Waals surface area contributed by atoms with Crippen LogP contribution in [0.1, 0.15) is 43.2 Å². The molecule has 0 saturated carbocycles. The summed E-state index contributed by atoms with van der Waals surface area (Å²) in [6.45, 7) is 5.86. The van der Waals surface area contributed by atoms with Gasteiger partial charge in [-0.3, -0.25) is 4.79 Å². The zero-order valence-electron chi connectivity index (χ0n) is 17.2. The molecule has 0 aliphatic heterocycles. The first-order valence-electron chi connectivity index (χ1n) is 9.19. The van der Waals surface area contributed by atoms with Crippen LogP contribution >= 0.6 is 0 Å². The number of benzene rings is 1. The lowest BCUT2D eigenvalue weighted by molar-refractivity contribution is 0.0540. The summed E-state index contributed by atoms with van der Waals surface area (Å²) in [5.74, 6) is -0.0293. The Labute approximate surface area is 165 Å². The number of carbonyl (C=O) groups is 2. The van der Waals surface area contributed by atoms with E-state index in [-0.39, 0.29) is 11.9 Å². The van der Waals surface area contributed by atoms with E-state index < -0.39 is 11.7 Å². The minimum Gasteiger partial charge on any atom is -0.443 e. The summed E-state index contributed by atoms with van der Waals surface area (Å²) in [7, 11) is 3.90. The summed E-state index contributed by atoms with van der Waals surface area (Å²) in [6.07, 6.45) is 2.27. The van der Waals surface area contributed by atoms with Crippen molar-refractivity contribution in [3.8, 4) is 0 Å². The average molecular weight is 387 g/mol. The van der Waals surface area contributed by atoms with E-state index in [1.165, 1.54) is 4.57 Å². The van der Waals surface area contributed by atoms with Gasteiger partial charge in [0.05, 0.1) is 5.69 Å². The van der Waals surface area contributed by atoms with Crippen molar-refractivity contribution in [2.75, 3.05) is 31.3 Å². The van der Waals surface area contributed by atoms with Gasteiger partial charge in [-0.05, 0) is 57.9 Å². The molecular weight excluding hydrogens is 358 g/mol. The Morgan fingerprint density at radius 3 is 2.43 bits per heavy atom. The zero-order chi connectivity index (χ0) is 20.9. The van der Waals surface area contributed by atoms with E-state index in [2.05, 4.69) is 10.3 Å². The fraction of sp³-hybridized carbons (Fsp3) is 0.450. The number of nitrogens with two attached hydrogens (primary N) is 1. The minimum absolute atomic E-state index is 0.0919. The van der Waals surface area contributed by atoms with Crippen molar-refractivity contribution in [1.29, 1.82) is 0 Å². The minimum atomic E-state index is -0.608. The Balaban J connectivity index is 1.83. The number of carbonyl (C=O) groups excluding carboxylic acids is 2. The van der Waals surface area contributed by atoms with E-state index in [1.54, 1.807) is 39.1 Å². The molecule has 0 aliphatic carbocycles. The number of aromatic nitrogens is 2. The zero-order valence-corrected chi connectivity index (χ0v) is 17.2. The highest BCUT2D eigenvalue weighted by molar-refractivity contribution is 5.94. The van der Waals surface area contributed by atoms with Gasteiger partial charge in [0.15, 0.2) is 0 Å². The topological polar surface area (TPSA) is 102 Å². The molecule has 1 aromatic carbocycles. The first-order valence-corrected chi connectivity index (χ1v) is 9.19. The van der Waals surface area contributed by atoms with Crippen LogP contribution in [-0.2, 0) is 11.2 Å². The van der Waals surface area contributed by atoms with Crippen molar-refractivity contribution in [3.05, 3.63) is 41.7 Å². The van der Waals surface area contributed by atoms with Crippen molar-refractivity contribution in [2.24, 2.45) is 0 Å². The Morgan fingerprint density at radius 2 is 1.86 bits per heavy atom.